The Morgan fingerprint density at radius 3 is 2.52 bits per heavy atom. The first-order chi connectivity index (χ1) is 11.0. The van der Waals surface area contributed by atoms with E-state index >= 15 is 0 Å². The van der Waals surface area contributed by atoms with Crippen molar-refractivity contribution in [2.24, 2.45) is 0 Å². The first-order valence-electron chi connectivity index (χ1n) is 7.09. The van der Waals surface area contributed by atoms with Gasteiger partial charge in [0.05, 0.1) is 23.5 Å². The van der Waals surface area contributed by atoms with Crippen molar-refractivity contribution in [3.63, 3.8) is 0 Å². The molecule has 0 saturated heterocycles. The molecule has 0 atom stereocenters. The highest BCUT2D eigenvalue weighted by Gasteiger charge is 2.13. The third kappa shape index (κ3) is 4.07. The minimum Gasteiger partial charge on any atom is -0.251 e. The molecule has 3 rings (SSSR count). The van der Waals surface area contributed by atoms with Gasteiger partial charge in [0.2, 0.25) is 10.0 Å². The topological polar surface area (TPSA) is 59.1 Å². The second-order valence-electron chi connectivity index (χ2n) is 5.17. The van der Waals surface area contributed by atoms with Gasteiger partial charge < -0.3 is 0 Å². The van der Waals surface area contributed by atoms with Crippen LogP contribution in [0.2, 0.25) is 5.02 Å². The molecule has 0 radical (unpaired) electrons. The number of hydrogen-bond acceptors (Lipinski definition) is 3. The SMILES string of the molecule is O=S(=O)(Cc1ccccc1Cl)NCc1ccc2ccccc2n1. The summed E-state index contributed by atoms with van der Waals surface area (Å²) < 4.78 is 26.9. The van der Waals surface area contributed by atoms with Crippen molar-refractivity contribution in [2.45, 2.75) is 12.3 Å². The van der Waals surface area contributed by atoms with Crippen LogP contribution in [0, 0.1) is 0 Å². The number of rotatable bonds is 5. The number of nitrogens with one attached hydrogen (secondary N) is 1. The molecule has 0 aliphatic heterocycles. The Kier molecular flexibility index (Phi) is 4.61. The average Bonchev–Trinajstić information content (AvgIpc) is 2.55. The number of nitrogens with zero attached hydrogens (tertiary/aromatic N) is 1. The quantitative estimate of drug-likeness (QED) is 0.769. The van der Waals surface area contributed by atoms with Crippen LogP contribution in [-0.4, -0.2) is 13.4 Å². The molecule has 4 nitrogen and oxygen atoms in total. The summed E-state index contributed by atoms with van der Waals surface area (Å²) >= 11 is 6.01. The number of para-hydroxylation sites is 1. The lowest BCUT2D eigenvalue weighted by Crippen LogP contribution is -2.25. The van der Waals surface area contributed by atoms with Gasteiger partial charge in [-0.05, 0) is 23.8 Å². The van der Waals surface area contributed by atoms with Crippen molar-refractivity contribution >= 4 is 32.5 Å². The maximum Gasteiger partial charge on any atom is 0.216 e. The van der Waals surface area contributed by atoms with Crippen LogP contribution in [0.1, 0.15) is 11.3 Å². The van der Waals surface area contributed by atoms with Gasteiger partial charge in [0, 0.05) is 10.4 Å². The molecular weight excluding hydrogens is 332 g/mol. The maximum absolute atomic E-state index is 12.2. The highest BCUT2D eigenvalue weighted by atomic mass is 35.5. The van der Waals surface area contributed by atoms with Crippen LogP contribution in [0.3, 0.4) is 0 Å². The van der Waals surface area contributed by atoms with E-state index in [9.17, 15) is 8.42 Å². The summed E-state index contributed by atoms with van der Waals surface area (Å²) in [7, 11) is -3.48. The van der Waals surface area contributed by atoms with Crippen LogP contribution >= 0.6 is 11.6 Å². The molecule has 0 amide bonds. The molecule has 6 heteroatoms. The van der Waals surface area contributed by atoms with Crippen LogP contribution < -0.4 is 4.72 Å². The van der Waals surface area contributed by atoms with E-state index < -0.39 is 10.0 Å². The predicted octanol–water partition coefficient (Wildman–Crippen LogP) is 3.51. The maximum atomic E-state index is 12.2. The minimum absolute atomic E-state index is 0.150. The number of benzene rings is 2. The van der Waals surface area contributed by atoms with E-state index in [0.717, 1.165) is 10.9 Å². The Balaban J connectivity index is 1.72. The molecule has 23 heavy (non-hydrogen) atoms. The molecule has 0 bridgehead atoms. The Morgan fingerprint density at radius 1 is 0.957 bits per heavy atom. The Morgan fingerprint density at radius 2 is 1.70 bits per heavy atom. The Bertz CT molecular complexity index is 942. The monoisotopic (exact) mass is 346 g/mol. The van der Waals surface area contributed by atoms with E-state index in [1.165, 1.54) is 0 Å². The highest BCUT2D eigenvalue weighted by Crippen LogP contribution is 2.17. The summed E-state index contributed by atoms with van der Waals surface area (Å²) in [6.45, 7) is 0.150. The van der Waals surface area contributed by atoms with Crippen molar-refractivity contribution in [1.82, 2.24) is 9.71 Å². The van der Waals surface area contributed by atoms with Crippen LogP contribution in [-0.2, 0) is 22.3 Å². The van der Waals surface area contributed by atoms with E-state index in [2.05, 4.69) is 9.71 Å². The second-order valence-corrected chi connectivity index (χ2v) is 7.38. The number of pyridine rings is 1. The molecular formula is C17H15ClN2O2S. The number of halogens is 1. The van der Waals surface area contributed by atoms with Crippen LogP contribution in [0.5, 0.6) is 0 Å². The first-order valence-corrected chi connectivity index (χ1v) is 9.12. The van der Waals surface area contributed by atoms with Gasteiger partial charge >= 0.3 is 0 Å². The van der Waals surface area contributed by atoms with Crippen molar-refractivity contribution in [3.05, 3.63) is 76.9 Å². The second kappa shape index (κ2) is 6.66. The highest BCUT2D eigenvalue weighted by molar-refractivity contribution is 7.88. The zero-order chi connectivity index (χ0) is 16.3. The third-order valence-electron chi connectivity index (χ3n) is 3.43. The lowest BCUT2D eigenvalue weighted by molar-refractivity contribution is 0.579. The molecule has 1 aromatic heterocycles. The van der Waals surface area contributed by atoms with E-state index in [-0.39, 0.29) is 12.3 Å². The molecule has 0 unspecified atom stereocenters. The standard InChI is InChI=1S/C17H15ClN2O2S/c18-16-7-3-1-6-14(16)12-23(21,22)19-11-15-10-9-13-5-2-4-8-17(13)20-15/h1-10,19H,11-12H2. The molecule has 0 aliphatic carbocycles. The predicted molar refractivity (Wildman–Crippen MR) is 92.7 cm³/mol. The third-order valence-corrected chi connectivity index (χ3v) is 5.08. The molecule has 0 aliphatic rings. The fourth-order valence-corrected chi connectivity index (χ4v) is 3.67. The molecule has 0 spiro atoms. The number of sulfonamides is 1. The van der Waals surface area contributed by atoms with Crippen molar-refractivity contribution < 1.29 is 8.42 Å². The molecule has 1 N–H and O–H groups in total. The van der Waals surface area contributed by atoms with Gasteiger partial charge in [0.25, 0.3) is 0 Å². The van der Waals surface area contributed by atoms with E-state index in [1.807, 2.05) is 36.4 Å². The van der Waals surface area contributed by atoms with Crippen LogP contribution in [0.15, 0.2) is 60.7 Å². The van der Waals surface area contributed by atoms with Gasteiger partial charge in [0.15, 0.2) is 0 Å². The van der Waals surface area contributed by atoms with E-state index in [4.69, 9.17) is 11.6 Å². The van der Waals surface area contributed by atoms with Crippen LogP contribution in [0.4, 0.5) is 0 Å². The number of fused-ring (bicyclic) bond motifs is 1. The van der Waals surface area contributed by atoms with Crippen LogP contribution in [0.25, 0.3) is 10.9 Å². The number of aromatic nitrogens is 1. The Labute approximate surface area is 140 Å². The van der Waals surface area contributed by atoms with Gasteiger partial charge in [0.1, 0.15) is 0 Å². The lowest BCUT2D eigenvalue weighted by atomic mass is 10.2. The smallest absolute Gasteiger partial charge is 0.216 e. The molecule has 0 fully saturated rings. The summed E-state index contributed by atoms with van der Waals surface area (Å²) in [5.41, 5.74) is 2.09. The number of hydrogen-bond donors (Lipinski definition) is 1. The molecule has 0 saturated carbocycles. The summed E-state index contributed by atoms with van der Waals surface area (Å²) in [6.07, 6.45) is 0. The van der Waals surface area contributed by atoms with Crippen molar-refractivity contribution in [2.75, 3.05) is 0 Å². The molecule has 118 valence electrons. The molecule has 1 heterocycles. The fraction of sp³-hybridized carbons (Fsp3) is 0.118. The molecule has 3 aromatic rings. The largest absolute Gasteiger partial charge is 0.251 e. The van der Waals surface area contributed by atoms with E-state index in [0.29, 0.717) is 16.3 Å². The van der Waals surface area contributed by atoms with Crippen molar-refractivity contribution in [1.29, 1.82) is 0 Å². The summed E-state index contributed by atoms with van der Waals surface area (Å²) in [6, 6.07) is 18.4. The van der Waals surface area contributed by atoms with Crippen molar-refractivity contribution in [3.8, 4) is 0 Å². The molecule has 2 aromatic carbocycles. The summed E-state index contributed by atoms with van der Waals surface area (Å²) in [5, 5.41) is 1.47. The minimum atomic E-state index is -3.48. The van der Waals surface area contributed by atoms with Gasteiger partial charge in [-0.3, -0.25) is 4.98 Å². The Hall–Kier alpha value is -1.95. The zero-order valence-corrected chi connectivity index (χ0v) is 13.8. The van der Waals surface area contributed by atoms with Gasteiger partial charge in [-0.25, -0.2) is 13.1 Å². The fourth-order valence-electron chi connectivity index (χ4n) is 2.26. The summed E-state index contributed by atoms with van der Waals surface area (Å²) in [5.74, 6) is -0.153. The van der Waals surface area contributed by atoms with Gasteiger partial charge in [-0.2, -0.15) is 0 Å². The first kappa shape index (κ1) is 15.9. The van der Waals surface area contributed by atoms with E-state index in [1.54, 1.807) is 24.3 Å². The normalized spacial score (nSPS) is 11.7. The zero-order valence-electron chi connectivity index (χ0n) is 12.2. The average molecular weight is 347 g/mol. The lowest BCUT2D eigenvalue weighted by Gasteiger charge is -2.08. The van der Waals surface area contributed by atoms with Gasteiger partial charge in [-0.1, -0.05) is 54.1 Å². The van der Waals surface area contributed by atoms with Gasteiger partial charge in [-0.15, -0.1) is 0 Å². The summed E-state index contributed by atoms with van der Waals surface area (Å²) in [4.78, 5) is 4.45.